The van der Waals surface area contributed by atoms with Crippen LogP contribution in [0.5, 0.6) is 0 Å². The van der Waals surface area contributed by atoms with Crippen LogP contribution in [0.4, 0.5) is 0 Å². The van der Waals surface area contributed by atoms with Gasteiger partial charge >= 0.3 is 17.9 Å². The largest absolute Gasteiger partial charge is 0.465 e. The fourth-order valence-electron chi connectivity index (χ4n) is 4.96. The molecule has 0 aromatic rings. The van der Waals surface area contributed by atoms with E-state index in [0.717, 1.165) is 12.7 Å². The van der Waals surface area contributed by atoms with E-state index in [9.17, 15) is 27.9 Å². The summed E-state index contributed by atoms with van der Waals surface area (Å²) in [4.78, 5) is 45.3. The van der Waals surface area contributed by atoms with Crippen LogP contribution in [0.2, 0.25) is 0 Å². The molecule has 0 spiro atoms. The van der Waals surface area contributed by atoms with Gasteiger partial charge in [-0.25, -0.2) is 8.42 Å². The van der Waals surface area contributed by atoms with Gasteiger partial charge in [0.15, 0.2) is 0 Å². The first kappa shape index (κ1) is 39.1. The molecule has 1 saturated heterocycles. The normalized spacial score (nSPS) is 19.8. The van der Waals surface area contributed by atoms with Gasteiger partial charge in [-0.3, -0.25) is 34.0 Å². The maximum Gasteiger partial charge on any atom is 0.320 e. The van der Waals surface area contributed by atoms with Crippen LogP contribution in [-0.4, -0.2) is 172 Å². The first-order chi connectivity index (χ1) is 20.3. The average Bonchev–Trinajstić information content (AvgIpc) is 2.90. The van der Waals surface area contributed by atoms with Gasteiger partial charge in [0.1, 0.15) is 0 Å². The third-order valence-corrected chi connectivity index (χ3v) is 8.26. The molecule has 1 aliphatic rings. The summed E-state index contributed by atoms with van der Waals surface area (Å²) >= 11 is 0. The first-order valence-corrected chi connectivity index (χ1v) is 17.2. The molecule has 1 aliphatic heterocycles. The molecule has 1 N–H and O–H groups in total. The molecule has 0 aromatic heterocycles. The molecule has 14 nitrogen and oxygen atoms in total. The summed E-state index contributed by atoms with van der Waals surface area (Å²) in [7, 11) is -3.72. The Morgan fingerprint density at radius 3 is 1.65 bits per heavy atom. The first-order valence-electron chi connectivity index (χ1n) is 15.4. The Morgan fingerprint density at radius 2 is 1.23 bits per heavy atom. The number of aliphatic hydroxyl groups is 1. The smallest absolute Gasteiger partial charge is 0.320 e. The highest BCUT2D eigenvalue weighted by Crippen LogP contribution is 2.16. The number of rotatable bonds is 16. The zero-order valence-corrected chi connectivity index (χ0v) is 27.8. The maximum atomic E-state index is 13.2. The minimum atomic E-state index is -3.72. The van der Waals surface area contributed by atoms with Gasteiger partial charge in [-0.2, -0.15) is 4.31 Å². The van der Waals surface area contributed by atoms with Crippen molar-refractivity contribution in [1.82, 2.24) is 23.9 Å². The summed E-state index contributed by atoms with van der Waals surface area (Å²) in [6, 6.07) is 0. The zero-order chi connectivity index (χ0) is 32.4. The van der Waals surface area contributed by atoms with E-state index in [-0.39, 0.29) is 71.6 Å². The summed E-state index contributed by atoms with van der Waals surface area (Å²) in [5, 5.41) is 10.3. The van der Waals surface area contributed by atoms with Gasteiger partial charge < -0.3 is 19.3 Å². The van der Waals surface area contributed by atoms with Gasteiger partial charge in [0, 0.05) is 58.9 Å². The van der Waals surface area contributed by atoms with Crippen LogP contribution in [-0.2, 0) is 38.6 Å². The Bertz CT molecular complexity index is 938. The molecule has 1 heterocycles. The summed E-state index contributed by atoms with van der Waals surface area (Å²) in [6.45, 7) is 12.4. The van der Waals surface area contributed by atoms with Crippen molar-refractivity contribution in [2.75, 3.05) is 105 Å². The van der Waals surface area contributed by atoms with Gasteiger partial charge in [-0.1, -0.05) is 13.3 Å². The second-order valence-electron chi connectivity index (χ2n) is 10.8. The number of nitrogens with zero attached hydrogens (tertiary/aromatic N) is 5. The summed E-state index contributed by atoms with van der Waals surface area (Å²) in [5.41, 5.74) is 0. The van der Waals surface area contributed by atoms with E-state index in [1.54, 1.807) is 32.6 Å². The number of hydrogen-bond acceptors (Lipinski definition) is 13. The number of ether oxygens (including phenoxy) is 3. The molecule has 2 unspecified atom stereocenters. The summed E-state index contributed by atoms with van der Waals surface area (Å²) in [5.74, 6) is -1.25. The fraction of sp³-hybridized carbons (Fsp3) is 0.893. The second kappa shape index (κ2) is 21.0. The van der Waals surface area contributed by atoms with Gasteiger partial charge in [-0.05, 0) is 34.1 Å². The molecular weight excluding hydrogens is 582 g/mol. The van der Waals surface area contributed by atoms with Gasteiger partial charge in [0.25, 0.3) is 0 Å². The second-order valence-corrected chi connectivity index (χ2v) is 12.7. The predicted octanol–water partition coefficient (Wildman–Crippen LogP) is -0.334. The lowest BCUT2D eigenvalue weighted by molar-refractivity contribution is -0.147. The lowest BCUT2D eigenvalue weighted by atomic mass is 10.2. The number of esters is 3. The van der Waals surface area contributed by atoms with Crippen LogP contribution in [0.25, 0.3) is 0 Å². The van der Waals surface area contributed by atoms with E-state index < -0.39 is 34.2 Å². The van der Waals surface area contributed by atoms with Gasteiger partial charge in [0.05, 0.1) is 58.0 Å². The number of β-amino-alcohol motifs (C(OH)–C–C–N with tert-alkyl or cyclic N) is 1. The summed E-state index contributed by atoms with van der Waals surface area (Å²) < 4.78 is 43.4. The highest BCUT2D eigenvalue weighted by molar-refractivity contribution is 7.88. The molecule has 43 heavy (non-hydrogen) atoms. The third-order valence-electron chi connectivity index (χ3n) is 6.98. The zero-order valence-electron chi connectivity index (χ0n) is 27.0. The van der Waals surface area contributed by atoms with E-state index in [4.69, 9.17) is 14.2 Å². The van der Waals surface area contributed by atoms with Gasteiger partial charge in [-0.15, -0.1) is 0 Å². The molecule has 1 fully saturated rings. The van der Waals surface area contributed by atoms with Crippen molar-refractivity contribution < 1.29 is 42.1 Å². The Labute approximate surface area is 258 Å². The maximum absolute atomic E-state index is 13.2. The van der Waals surface area contributed by atoms with Gasteiger partial charge in [0.2, 0.25) is 10.0 Å². The lowest BCUT2D eigenvalue weighted by Gasteiger charge is -2.42. The van der Waals surface area contributed by atoms with Crippen LogP contribution in [0.1, 0.15) is 47.5 Å². The SMILES string of the molecule is CCCCN(C1CN(CC(C)O)CCN(CC(=O)OCC)CCN(CC(=O)OCC)CCN1CC(=O)OCC)S(C)(=O)=O. The molecule has 0 radical (unpaired) electrons. The Balaban J connectivity index is 3.60. The Kier molecular flexibility index (Phi) is 19.1. The number of hydrogen-bond donors (Lipinski definition) is 1. The summed E-state index contributed by atoms with van der Waals surface area (Å²) in [6.07, 6.45) is 1.09. The number of sulfonamides is 1. The van der Waals surface area contributed by atoms with Crippen LogP contribution in [0, 0.1) is 0 Å². The highest BCUT2D eigenvalue weighted by Gasteiger charge is 2.35. The fourth-order valence-corrected chi connectivity index (χ4v) is 6.06. The lowest BCUT2D eigenvalue weighted by Crippen LogP contribution is -2.60. The highest BCUT2D eigenvalue weighted by atomic mass is 32.2. The van der Waals surface area contributed by atoms with Crippen molar-refractivity contribution in [2.24, 2.45) is 0 Å². The van der Waals surface area contributed by atoms with E-state index in [1.165, 1.54) is 4.31 Å². The van der Waals surface area contributed by atoms with E-state index >= 15 is 0 Å². The van der Waals surface area contributed by atoms with E-state index in [0.29, 0.717) is 39.1 Å². The van der Waals surface area contributed by atoms with Crippen molar-refractivity contribution in [3.63, 3.8) is 0 Å². The van der Waals surface area contributed by atoms with Crippen molar-refractivity contribution in [2.45, 2.75) is 59.7 Å². The molecule has 0 aromatic carbocycles. The minimum absolute atomic E-state index is 0.00121. The Hall–Kier alpha value is -1.88. The van der Waals surface area contributed by atoms with E-state index in [2.05, 4.69) is 0 Å². The van der Waals surface area contributed by atoms with Crippen molar-refractivity contribution in [3.05, 3.63) is 0 Å². The third kappa shape index (κ3) is 16.1. The molecule has 0 amide bonds. The monoisotopic (exact) mass is 637 g/mol. The molecule has 0 saturated carbocycles. The molecule has 252 valence electrons. The molecule has 0 bridgehead atoms. The molecular formula is C28H55N5O9S. The number of unbranched alkanes of at least 4 members (excludes halogenated alkanes) is 1. The minimum Gasteiger partial charge on any atom is -0.465 e. The number of carbonyl (C=O) groups is 3. The molecule has 2 atom stereocenters. The van der Waals surface area contributed by atoms with Crippen LogP contribution in [0.3, 0.4) is 0 Å². The number of aliphatic hydroxyl groups excluding tert-OH is 1. The molecule has 1 rings (SSSR count). The standard InChI is InChI=1S/C28H55N5O9S/c1-7-11-12-33(43(6,38)39)25-20-31(19-24(5)34)16-15-29(21-26(35)40-8-2)13-14-30(22-27(36)41-9-3)17-18-32(25)23-28(37)42-10-4/h24-25,34H,7-23H2,1-6H3. The van der Waals surface area contributed by atoms with Crippen molar-refractivity contribution >= 4 is 27.9 Å². The van der Waals surface area contributed by atoms with Crippen molar-refractivity contribution in [1.29, 1.82) is 0 Å². The van der Waals surface area contributed by atoms with Crippen LogP contribution in [0.15, 0.2) is 0 Å². The van der Waals surface area contributed by atoms with Crippen molar-refractivity contribution in [3.8, 4) is 0 Å². The number of carbonyl (C=O) groups excluding carboxylic acids is 3. The molecule has 15 heteroatoms. The van der Waals surface area contributed by atoms with E-state index in [1.807, 2.05) is 21.6 Å². The quantitative estimate of drug-likeness (QED) is 0.174. The predicted molar refractivity (Wildman–Crippen MR) is 163 cm³/mol. The molecule has 0 aliphatic carbocycles. The van der Waals surface area contributed by atoms with Crippen LogP contribution >= 0.6 is 0 Å². The van der Waals surface area contributed by atoms with Crippen LogP contribution < -0.4 is 0 Å². The average molecular weight is 638 g/mol. The topological polar surface area (TPSA) is 149 Å². The Morgan fingerprint density at radius 1 is 0.791 bits per heavy atom.